The molecule has 0 aromatic heterocycles. The quantitative estimate of drug-likeness (QED) is 0.261. The average Bonchev–Trinajstić information content (AvgIpc) is 2.59. The number of nitrogens with one attached hydrogen (secondary N) is 1. The molecule has 0 aliphatic heterocycles. The molecule has 24 heavy (non-hydrogen) atoms. The van der Waals surface area contributed by atoms with Gasteiger partial charge in [0.15, 0.2) is 5.84 Å². The number of anilines is 2. The summed E-state index contributed by atoms with van der Waals surface area (Å²) >= 11 is 3.40. The van der Waals surface area contributed by atoms with Gasteiger partial charge in [-0.05, 0) is 36.4 Å². The number of aliphatic hydroxyl groups is 1. The van der Waals surface area contributed by atoms with Crippen LogP contribution in [-0.4, -0.2) is 29.2 Å². The summed E-state index contributed by atoms with van der Waals surface area (Å²) in [5.74, 6) is 5.90. The van der Waals surface area contributed by atoms with Gasteiger partial charge < -0.3 is 16.2 Å². The number of nitrogens with zero attached hydrogens (tertiary/aromatic N) is 2. The van der Waals surface area contributed by atoms with Gasteiger partial charge in [0.2, 0.25) is 0 Å². The van der Waals surface area contributed by atoms with Crippen molar-refractivity contribution in [1.82, 2.24) is 5.12 Å². The van der Waals surface area contributed by atoms with Crippen LogP contribution in [-0.2, 0) is 0 Å². The molecular weight excluding hydrogens is 370 g/mol. The zero-order chi connectivity index (χ0) is 17.9. The lowest BCUT2D eigenvalue weighted by Gasteiger charge is -2.15. The van der Waals surface area contributed by atoms with Crippen LogP contribution in [0.2, 0.25) is 0 Å². The summed E-state index contributed by atoms with van der Waals surface area (Å²) in [7, 11) is 0. The molecule has 0 spiro atoms. The highest BCUT2D eigenvalue weighted by Gasteiger charge is 2.07. The van der Waals surface area contributed by atoms with Gasteiger partial charge in [-0.1, -0.05) is 41.9 Å². The van der Waals surface area contributed by atoms with Gasteiger partial charge in [0, 0.05) is 21.4 Å². The SMILES string of the molecule is CC.N/C(=N\N(N)CCO)c1ccccc1Nc1ccc(Br)cc1. The molecule has 2 aromatic rings. The average molecular weight is 394 g/mol. The number of rotatable bonds is 6. The second-order valence-electron chi connectivity index (χ2n) is 4.55. The van der Waals surface area contributed by atoms with Gasteiger partial charge in [-0.3, -0.25) is 0 Å². The molecule has 0 bridgehead atoms. The molecule has 0 fully saturated rings. The predicted octanol–water partition coefficient (Wildman–Crippen LogP) is 3.01. The van der Waals surface area contributed by atoms with E-state index >= 15 is 0 Å². The van der Waals surface area contributed by atoms with E-state index in [1.807, 2.05) is 62.4 Å². The van der Waals surface area contributed by atoms with Crippen molar-refractivity contribution < 1.29 is 5.11 Å². The van der Waals surface area contributed by atoms with Gasteiger partial charge in [0.05, 0.1) is 13.2 Å². The van der Waals surface area contributed by atoms with Crippen molar-refractivity contribution in [2.75, 3.05) is 18.5 Å². The van der Waals surface area contributed by atoms with E-state index < -0.39 is 0 Å². The molecule has 6 N–H and O–H groups in total. The van der Waals surface area contributed by atoms with E-state index in [9.17, 15) is 0 Å². The summed E-state index contributed by atoms with van der Waals surface area (Å²) < 4.78 is 1.01. The number of halogens is 1. The number of para-hydroxylation sites is 1. The number of hydrogen-bond donors (Lipinski definition) is 4. The van der Waals surface area contributed by atoms with Crippen LogP contribution in [0.15, 0.2) is 58.1 Å². The van der Waals surface area contributed by atoms with Crippen LogP contribution in [0, 0.1) is 0 Å². The van der Waals surface area contributed by atoms with E-state index in [2.05, 4.69) is 26.3 Å². The van der Waals surface area contributed by atoms with Crippen molar-refractivity contribution in [3.05, 3.63) is 58.6 Å². The summed E-state index contributed by atoms with van der Waals surface area (Å²) in [5, 5.41) is 17.3. The van der Waals surface area contributed by atoms with Gasteiger partial charge in [-0.25, -0.2) is 11.0 Å². The van der Waals surface area contributed by atoms with Crippen LogP contribution >= 0.6 is 15.9 Å². The Bertz CT molecular complexity index is 646. The molecule has 2 aromatic carbocycles. The lowest BCUT2D eigenvalue weighted by Crippen LogP contribution is -2.32. The van der Waals surface area contributed by atoms with Crippen molar-refractivity contribution in [2.24, 2.45) is 16.7 Å². The molecular formula is C17H24BrN5O. The van der Waals surface area contributed by atoms with Gasteiger partial charge in [-0.2, -0.15) is 0 Å². The molecule has 0 saturated carbocycles. The number of benzene rings is 2. The smallest absolute Gasteiger partial charge is 0.154 e. The van der Waals surface area contributed by atoms with Crippen molar-refractivity contribution in [1.29, 1.82) is 0 Å². The Labute approximate surface area is 151 Å². The molecule has 0 aliphatic rings. The monoisotopic (exact) mass is 393 g/mol. The van der Waals surface area contributed by atoms with Crippen LogP contribution in [0.25, 0.3) is 0 Å². The van der Waals surface area contributed by atoms with E-state index in [1.165, 1.54) is 0 Å². The van der Waals surface area contributed by atoms with Gasteiger partial charge >= 0.3 is 0 Å². The topological polar surface area (TPSA) is 99.9 Å². The minimum Gasteiger partial charge on any atom is -0.394 e. The number of aliphatic hydroxyl groups excluding tert-OH is 1. The first-order valence-electron chi connectivity index (χ1n) is 7.69. The van der Waals surface area contributed by atoms with Gasteiger partial charge in [0.25, 0.3) is 0 Å². The summed E-state index contributed by atoms with van der Waals surface area (Å²) in [6.07, 6.45) is 0. The van der Waals surface area contributed by atoms with Crippen LogP contribution in [0.3, 0.4) is 0 Å². The number of nitrogens with two attached hydrogens (primary N) is 2. The molecule has 2 rings (SSSR count). The normalized spacial score (nSPS) is 10.6. The van der Waals surface area contributed by atoms with Crippen LogP contribution in [0.5, 0.6) is 0 Å². The first kappa shape index (κ1) is 20.0. The Morgan fingerprint density at radius 3 is 2.42 bits per heavy atom. The Morgan fingerprint density at radius 1 is 1.17 bits per heavy atom. The van der Waals surface area contributed by atoms with E-state index in [-0.39, 0.29) is 19.0 Å². The Kier molecular flexibility index (Phi) is 8.85. The maximum atomic E-state index is 8.84. The van der Waals surface area contributed by atoms with Crippen molar-refractivity contribution >= 4 is 33.1 Å². The molecule has 0 saturated heterocycles. The second kappa shape index (κ2) is 10.6. The fourth-order valence-electron chi connectivity index (χ4n) is 1.85. The predicted molar refractivity (Wildman–Crippen MR) is 104 cm³/mol. The van der Waals surface area contributed by atoms with E-state index in [1.54, 1.807) is 0 Å². The molecule has 0 unspecified atom stereocenters. The Balaban J connectivity index is 0.00000139. The van der Waals surface area contributed by atoms with E-state index in [0.29, 0.717) is 0 Å². The summed E-state index contributed by atoms with van der Waals surface area (Å²) in [4.78, 5) is 0. The highest BCUT2D eigenvalue weighted by molar-refractivity contribution is 9.10. The second-order valence-corrected chi connectivity index (χ2v) is 5.47. The molecule has 0 radical (unpaired) electrons. The first-order chi connectivity index (χ1) is 11.6. The maximum absolute atomic E-state index is 8.84. The molecule has 7 heteroatoms. The van der Waals surface area contributed by atoms with E-state index in [4.69, 9.17) is 16.7 Å². The highest BCUT2D eigenvalue weighted by atomic mass is 79.9. The van der Waals surface area contributed by atoms with E-state index in [0.717, 1.165) is 26.5 Å². The molecule has 0 heterocycles. The number of hydrazine groups is 1. The summed E-state index contributed by atoms with van der Waals surface area (Å²) in [6, 6.07) is 15.4. The number of amidine groups is 1. The van der Waals surface area contributed by atoms with Crippen molar-refractivity contribution in [3.8, 4) is 0 Å². The fraction of sp³-hybridized carbons (Fsp3) is 0.235. The zero-order valence-corrected chi connectivity index (χ0v) is 15.5. The largest absolute Gasteiger partial charge is 0.394 e. The molecule has 0 amide bonds. The summed E-state index contributed by atoms with van der Waals surface area (Å²) in [6.45, 7) is 4.12. The van der Waals surface area contributed by atoms with Crippen LogP contribution in [0.4, 0.5) is 11.4 Å². The highest BCUT2D eigenvalue weighted by Crippen LogP contribution is 2.22. The van der Waals surface area contributed by atoms with Crippen LogP contribution in [0.1, 0.15) is 19.4 Å². The zero-order valence-electron chi connectivity index (χ0n) is 13.9. The minimum atomic E-state index is -0.0912. The van der Waals surface area contributed by atoms with Gasteiger partial charge in [-0.15, -0.1) is 5.10 Å². The number of hydrogen-bond acceptors (Lipinski definition) is 5. The molecule has 0 aliphatic carbocycles. The third-order valence-electron chi connectivity index (χ3n) is 2.89. The van der Waals surface area contributed by atoms with Gasteiger partial charge in [0.1, 0.15) is 0 Å². The maximum Gasteiger partial charge on any atom is 0.154 e. The number of hydrazone groups is 1. The van der Waals surface area contributed by atoms with Crippen LogP contribution < -0.4 is 16.9 Å². The molecule has 130 valence electrons. The lowest BCUT2D eigenvalue weighted by atomic mass is 10.1. The Morgan fingerprint density at radius 2 is 1.79 bits per heavy atom. The Hall–Kier alpha value is -2.09. The molecule has 0 atom stereocenters. The fourth-order valence-corrected chi connectivity index (χ4v) is 2.11. The standard InChI is InChI=1S/C15H18BrN5O.C2H6/c16-11-5-7-12(8-6-11)19-14-4-2-1-3-13(14)15(17)20-21(18)9-10-22;1-2/h1-8,19,22H,9-10,18H2,(H2,17,20);1-2H3. The van der Waals surface area contributed by atoms with Crippen molar-refractivity contribution in [2.45, 2.75) is 13.8 Å². The summed E-state index contributed by atoms with van der Waals surface area (Å²) in [5.41, 5.74) is 8.50. The molecule has 6 nitrogen and oxygen atoms in total. The lowest BCUT2D eigenvalue weighted by molar-refractivity contribution is 0.204. The van der Waals surface area contributed by atoms with Crippen molar-refractivity contribution in [3.63, 3.8) is 0 Å². The third kappa shape index (κ3) is 6.19. The first-order valence-corrected chi connectivity index (χ1v) is 8.48. The minimum absolute atomic E-state index is 0.0912. The third-order valence-corrected chi connectivity index (χ3v) is 3.42.